The largest absolute Gasteiger partial charge is 0.308 e. The second-order valence-corrected chi connectivity index (χ2v) is 2.49. The van der Waals surface area contributed by atoms with Crippen LogP contribution in [0.1, 0.15) is 17.4 Å². The van der Waals surface area contributed by atoms with Gasteiger partial charge in [0.1, 0.15) is 0 Å². The Kier molecular flexibility index (Phi) is 1.91. The molecule has 0 unspecified atom stereocenters. The number of aryl methyl sites for hydroxylation is 1. The molecular formula is C6H7F2N3O. The number of Topliss-reactive ketones (excluding diaryl/α,β-unsaturated/α-hetero) is 1. The lowest BCUT2D eigenvalue weighted by Crippen LogP contribution is -2.24. The van der Waals surface area contributed by atoms with E-state index in [1.54, 1.807) is 0 Å². The summed E-state index contributed by atoms with van der Waals surface area (Å²) in [4.78, 5) is 10.8. The van der Waals surface area contributed by atoms with Crippen LogP contribution in [0.25, 0.3) is 0 Å². The first-order chi connectivity index (χ1) is 5.41. The molecule has 4 nitrogen and oxygen atoms in total. The Morgan fingerprint density at radius 3 is 2.58 bits per heavy atom. The number of carbonyl (C=O) groups excluding carboxylic acids is 1. The van der Waals surface area contributed by atoms with E-state index in [-0.39, 0.29) is 5.69 Å². The standard InChI is InChI=1S/C6H7F2N3O/c1-6(7,8)5(12)4-3-11(2)10-9-4/h3H,1-2H3. The summed E-state index contributed by atoms with van der Waals surface area (Å²) in [5.74, 6) is -4.69. The molecule has 0 atom stereocenters. The van der Waals surface area contributed by atoms with Crippen LogP contribution < -0.4 is 0 Å². The van der Waals surface area contributed by atoms with Crippen LogP contribution in [-0.2, 0) is 7.05 Å². The Morgan fingerprint density at radius 2 is 2.25 bits per heavy atom. The van der Waals surface area contributed by atoms with Crippen molar-refractivity contribution in [3.8, 4) is 0 Å². The maximum absolute atomic E-state index is 12.4. The van der Waals surface area contributed by atoms with Crippen LogP contribution in [0, 0.1) is 0 Å². The summed E-state index contributed by atoms with van der Waals surface area (Å²) in [7, 11) is 1.50. The SMILES string of the molecule is Cn1cc(C(=O)C(C)(F)F)nn1. The highest BCUT2D eigenvalue weighted by Gasteiger charge is 2.35. The highest BCUT2D eigenvalue weighted by molar-refractivity contribution is 5.99. The van der Waals surface area contributed by atoms with Crippen LogP contribution in [-0.4, -0.2) is 26.7 Å². The Balaban J connectivity index is 2.93. The minimum Gasteiger partial charge on any atom is -0.285 e. The van der Waals surface area contributed by atoms with E-state index >= 15 is 0 Å². The summed E-state index contributed by atoms with van der Waals surface area (Å²) in [5.41, 5.74) is -0.315. The summed E-state index contributed by atoms with van der Waals surface area (Å²) in [6.45, 7) is 0.532. The van der Waals surface area contributed by atoms with Crippen LogP contribution >= 0.6 is 0 Å². The monoisotopic (exact) mass is 175 g/mol. The van der Waals surface area contributed by atoms with E-state index in [4.69, 9.17) is 0 Å². The van der Waals surface area contributed by atoms with E-state index in [0.717, 1.165) is 6.20 Å². The first-order valence-corrected chi connectivity index (χ1v) is 3.20. The predicted octanol–water partition coefficient (Wildman–Crippen LogP) is 0.653. The zero-order valence-electron chi connectivity index (χ0n) is 6.58. The third-order valence-corrected chi connectivity index (χ3v) is 1.23. The number of hydrogen-bond donors (Lipinski definition) is 0. The molecule has 1 rings (SSSR count). The van der Waals surface area contributed by atoms with Crippen molar-refractivity contribution < 1.29 is 13.6 Å². The molecule has 0 radical (unpaired) electrons. The van der Waals surface area contributed by atoms with Crippen LogP contribution in [0.15, 0.2) is 6.20 Å². The molecule has 0 aromatic carbocycles. The number of ketones is 1. The number of aromatic nitrogens is 3. The number of halogens is 2. The van der Waals surface area contributed by atoms with E-state index in [0.29, 0.717) is 6.92 Å². The molecule has 12 heavy (non-hydrogen) atoms. The minimum atomic E-state index is -3.38. The fraction of sp³-hybridized carbons (Fsp3) is 0.500. The normalized spacial score (nSPS) is 11.7. The van der Waals surface area contributed by atoms with Crippen LogP contribution in [0.2, 0.25) is 0 Å². The second-order valence-electron chi connectivity index (χ2n) is 2.49. The van der Waals surface area contributed by atoms with E-state index in [2.05, 4.69) is 10.3 Å². The number of alkyl halides is 2. The zero-order chi connectivity index (χ0) is 9.35. The van der Waals surface area contributed by atoms with Gasteiger partial charge in [0, 0.05) is 14.0 Å². The third-order valence-electron chi connectivity index (χ3n) is 1.23. The summed E-state index contributed by atoms with van der Waals surface area (Å²) in [6, 6.07) is 0. The van der Waals surface area contributed by atoms with E-state index in [9.17, 15) is 13.6 Å². The van der Waals surface area contributed by atoms with Gasteiger partial charge in [-0.05, 0) is 0 Å². The topological polar surface area (TPSA) is 47.8 Å². The average Bonchev–Trinajstić information content (AvgIpc) is 2.32. The molecule has 0 aliphatic heterocycles. The molecule has 1 heterocycles. The van der Waals surface area contributed by atoms with Crippen molar-refractivity contribution in [3.63, 3.8) is 0 Å². The molecule has 0 spiro atoms. The quantitative estimate of drug-likeness (QED) is 0.620. The van der Waals surface area contributed by atoms with Crippen LogP contribution in [0.4, 0.5) is 8.78 Å². The molecule has 0 bridgehead atoms. The van der Waals surface area contributed by atoms with Crippen molar-refractivity contribution in [2.24, 2.45) is 7.05 Å². The number of carbonyl (C=O) groups is 1. The van der Waals surface area contributed by atoms with Gasteiger partial charge in [0.05, 0.1) is 6.20 Å². The molecule has 1 aromatic rings. The first-order valence-electron chi connectivity index (χ1n) is 3.20. The van der Waals surface area contributed by atoms with Crippen LogP contribution in [0.3, 0.4) is 0 Å². The Labute approximate surface area is 67.2 Å². The maximum Gasteiger partial charge on any atom is 0.308 e. The van der Waals surface area contributed by atoms with Crippen molar-refractivity contribution in [1.29, 1.82) is 0 Å². The van der Waals surface area contributed by atoms with Gasteiger partial charge in [-0.1, -0.05) is 5.21 Å². The fourth-order valence-electron chi connectivity index (χ4n) is 0.676. The highest BCUT2D eigenvalue weighted by Crippen LogP contribution is 2.16. The maximum atomic E-state index is 12.4. The fourth-order valence-corrected chi connectivity index (χ4v) is 0.676. The van der Waals surface area contributed by atoms with Gasteiger partial charge in [0.2, 0.25) is 0 Å². The first kappa shape index (κ1) is 8.76. The lowest BCUT2D eigenvalue weighted by molar-refractivity contribution is 0.0216. The smallest absolute Gasteiger partial charge is 0.285 e. The van der Waals surface area contributed by atoms with Gasteiger partial charge in [-0.25, -0.2) is 0 Å². The molecule has 0 N–H and O–H groups in total. The van der Waals surface area contributed by atoms with Crippen molar-refractivity contribution in [2.45, 2.75) is 12.8 Å². The summed E-state index contributed by atoms with van der Waals surface area (Å²) in [5, 5.41) is 6.63. The van der Waals surface area contributed by atoms with Gasteiger partial charge in [0.25, 0.3) is 5.78 Å². The number of hydrogen-bond acceptors (Lipinski definition) is 3. The third kappa shape index (κ3) is 1.63. The molecule has 6 heteroatoms. The molecule has 0 saturated carbocycles. The predicted molar refractivity (Wildman–Crippen MR) is 36.0 cm³/mol. The van der Waals surface area contributed by atoms with Crippen molar-refractivity contribution >= 4 is 5.78 Å². The molecule has 0 saturated heterocycles. The van der Waals surface area contributed by atoms with Gasteiger partial charge in [-0.2, -0.15) is 8.78 Å². The van der Waals surface area contributed by atoms with Gasteiger partial charge in [-0.15, -0.1) is 5.10 Å². The van der Waals surface area contributed by atoms with E-state index in [1.807, 2.05) is 0 Å². The van der Waals surface area contributed by atoms with Crippen molar-refractivity contribution in [3.05, 3.63) is 11.9 Å². The molecule has 66 valence electrons. The lowest BCUT2D eigenvalue weighted by Gasteiger charge is -2.04. The number of nitrogens with zero attached hydrogens (tertiary/aromatic N) is 3. The van der Waals surface area contributed by atoms with Gasteiger partial charge < -0.3 is 0 Å². The van der Waals surface area contributed by atoms with Crippen molar-refractivity contribution in [2.75, 3.05) is 0 Å². The summed E-state index contributed by atoms with van der Waals surface area (Å²) in [6.07, 6.45) is 1.15. The molecular weight excluding hydrogens is 168 g/mol. The zero-order valence-corrected chi connectivity index (χ0v) is 6.58. The molecule has 0 aliphatic carbocycles. The molecule has 0 amide bonds. The summed E-state index contributed by atoms with van der Waals surface area (Å²) < 4.78 is 26.0. The van der Waals surface area contributed by atoms with E-state index in [1.165, 1.54) is 11.7 Å². The molecule has 1 aromatic heterocycles. The van der Waals surface area contributed by atoms with Gasteiger partial charge in [-0.3, -0.25) is 9.48 Å². The van der Waals surface area contributed by atoms with Crippen molar-refractivity contribution in [1.82, 2.24) is 15.0 Å². The van der Waals surface area contributed by atoms with Gasteiger partial charge >= 0.3 is 5.92 Å². The number of rotatable bonds is 2. The average molecular weight is 175 g/mol. The lowest BCUT2D eigenvalue weighted by atomic mass is 10.2. The highest BCUT2D eigenvalue weighted by atomic mass is 19.3. The minimum absolute atomic E-state index is 0.315. The summed E-state index contributed by atoms with van der Waals surface area (Å²) >= 11 is 0. The Hall–Kier alpha value is -1.33. The van der Waals surface area contributed by atoms with Gasteiger partial charge in [0.15, 0.2) is 5.69 Å². The van der Waals surface area contributed by atoms with E-state index < -0.39 is 11.7 Å². The molecule has 0 aliphatic rings. The molecule has 0 fully saturated rings. The Bertz CT molecular complexity index is 302. The Morgan fingerprint density at radius 1 is 1.67 bits per heavy atom. The second kappa shape index (κ2) is 2.62. The van der Waals surface area contributed by atoms with Crippen LogP contribution in [0.5, 0.6) is 0 Å².